The minimum atomic E-state index is -4.63. The molecule has 1 aliphatic heterocycles. The lowest BCUT2D eigenvalue weighted by Gasteiger charge is -2.27. The Labute approximate surface area is 197 Å². The molecule has 1 atom stereocenters. The number of amides is 2. The zero-order valence-electron chi connectivity index (χ0n) is 18.4. The first-order valence-electron chi connectivity index (χ1n) is 10.9. The highest BCUT2D eigenvalue weighted by molar-refractivity contribution is 6.21. The van der Waals surface area contributed by atoms with Crippen LogP contribution in [0.5, 0.6) is 0 Å². The van der Waals surface area contributed by atoms with Gasteiger partial charge in [-0.1, -0.05) is 37.3 Å². The summed E-state index contributed by atoms with van der Waals surface area (Å²) in [5.74, 6) is -1.09. The van der Waals surface area contributed by atoms with E-state index >= 15 is 0 Å². The molecule has 0 radical (unpaired) electrons. The number of fused-ring (bicyclic) bond motifs is 2. The largest absolute Gasteiger partial charge is 0.416 e. The summed E-state index contributed by atoms with van der Waals surface area (Å²) < 4.78 is 41.4. The van der Waals surface area contributed by atoms with Gasteiger partial charge in [-0.3, -0.25) is 23.9 Å². The van der Waals surface area contributed by atoms with Crippen LogP contribution in [0.15, 0.2) is 77.6 Å². The molecule has 2 heterocycles. The standard InChI is InChI=1S/C26H18F3N3O3/c1-2-21(32-23(33)17-10-3-4-11-18(17)24(32)34)22-30-20-13-6-5-12-19(20)25(35)31(22)16-9-7-8-15(14-16)26(27,28)29/h3-14,21H,2H2,1H3/t21-/m1/s1. The van der Waals surface area contributed by atoms with Gasteiger partial charge in [-0.15, -0.1) is 0 Å². The van der Waals surface area contributed by atoms with Crippen LogP contribution in [-0.2, 0) is 6.18 Å². The van der Waals surface area contributed by atoms with Crippen LogP contribution in [0.25, 0.3) is 16.6 Å². The smallest absolute Gasteiger partial charge is 0.269 e. The molecular formula is C26H18F3N3O3. The summed E-state index contributed by atoms with van der Waals surface area (Å²) in [4.78, 5) is 45.6. The van der Waals surface area contributed by atoms with E-state index in [4.69, 9.17) is 0 Å². The first-order chi connectivity index (χ1) is 16.7. The number of hydrogen-bond donors (Lipinski definition) is 0. The highest BCUT2D eigenvalue weighted by Crippen LogP contribution is 2.35. The summed E-state index contributed by atoms with van der Waals surface area (Å²) in [7, 11) is 0. The lowest BCUT2D eigenvalue weighted by Crippen LogP contribution is -2.38. The topological polar surface area (TPSA) is 72.3 Å². The van der Waals surface area contributed by atoms with E-state index in [9.17, 15) is 27.6 Å². The van der Waals surface area contributed by atoms with E-state index in [2.05, 4.69) is 4.98 Å². The maximum atomic E-state index is 13.6. The van der Waals surface area contributed by atoms with Crippen LogP contribution in [0.2, 0.25) is 0 Å². The number of hydrogen-bond acceptors (Lipinski definition) is 4. The van der Waals surface area contributed by atoms with Gasteiger partial charge >= 0.3 is 6.18 Å². The Morgan fingerprint density at radius 3 is 2.11 bits per heavy atom. The van der Waals surface area contributed by atoms with Crippen molar-refractivity contribution in [1.82, 2.24) is 14.5 Å². The number of nitrogens with zero attached hydrogens (tertiary/aromatic N) is 3. The van der Waals surface area contributed by atoms with Gasteiger partial charge in [0, 0.05) is 0 Å². The van der Waals surface area contributed by atoms with Crippen molar-refractivity contribution in [3.8, 4) is 5.69 Å². The van der Waals surface area contributed by atoms with Crippen molar-refractivity contribution in [2.24, 2.45) is 0 Å². The van der Waals surface area contributed by atoms with Crippen LogP contribution in [0, 0.1) is 0 Å². The van der Waals surface area contributed by atoms with Crippen LogP contribution in [0.1, 0.15) is 51.5 Å². The Hall–Kier alpha value is -4.27. The summed E-state index contributed by atoms with van der Waals surface area (Å²) >= 11 is 0. The molecule has 1 aliphatic rings. The minimum absolute atomic E-state index is 0.00466. The summed E-state index contributed by atoms with van der Waals surface area (Å²) in [6, 6.07) is 16.1. The molecule has 0 unspecified atom stereocenters. The molecule has 0 saturated heterocycles. The quantitative estimate of drug-likeness (QED) is 0.381. The fraction of sp³-hybridized carbons (Fsp3) is 0.154. The highest BCUT2D eigenvalue weighted by atomic mass is 19.4. The molecule has 5 rings (SSSR count). The van der Waals surface area contributed by atoms with Crippen molar-refractivity contribution in [3.63, 3.8) is 0 Å². The summed E-state index contributed by atoms with van der Waals surface area (Å²) in [5, 5.41) is 0.200. The SMILES string of the molecule is CC[C@H](c1nc2ccccc2c(=O)n1-c1cccc(C(F)(F)F)c1)N1C(=O)c2ccccc2C1=O. The van der Waals surface area contributed by atoms with Gasteiger partial charge in [0.25, 0.3) is 17.4 Å². The summed E-state index contributed by atoms with van der Waals surface area (Å²) in [6.45, 7) is 1.71. The molecule has 9 heteroatoms. The average molecular weight is 477 g/mol. The number of aromatic nitrogens is 2. The zero-order chi connectivity index (χ0) is 24.9. The first-order valence-corrected chi connectivity index (χ1v) is 10.9. The van der Waals surface area contributed by atoms with E-state index < -0.39 is 35.2 Å². The maximum absolute atomic E-state index is 13.6. The second-order valence-electron chi connectivity index (χ2n) is 8.13. The fourth-order valence-corrected chi connectivity index (χ4v) is 4.42. The van der Waals surface area contributed by atoms with E-state index in [0.29, 0.717) is 5.52 Å². The monoisotopic (exact) mass is 477 g/mol. The number of alkyl halides is 3. The van der Waals surface area contributed by atoms with E-state index in [1.165, 1.54) is 30.3 Å². The van der Waals surface area contributed by atoms with Crippen LogP contribution in [0.4, 0.5) is 13.2 Å². The molecule has 2 amide bonds. The molecule has 0 spiro atoms. The highest BCUT2D eigenvalue weighted by Gasteiger charge is 2.41. The van der Waals surface area contributed by atoms with Gasteiger partial charge in [-0.05, 0) is 48.9 Å². The molecule has 0 aliphatic carbocycles. The van der Waals surface area contributed by atoms with Gasteiger partial charge in [0.2, 0.25) is 0 Å². The Morgan fingerprint density at radius 2 is 1.49 bits per heavy atom. The lowest BCUT2D eigenvalue weighted by atomic mass is 10.1. The molecule has 0 N–H and O–H groups in total. The predicted molar refractivity (Wildman–Crippen MR) is 122 cm³/mol. The third-order valence-corrected chi connectivity index (χ3v) is 6.06. The lowest BCUT2D eigenvalue weighted by molar-refractivity contribution is -0.137. The molecule has 4 aromatic rings. The van der Waals surface area contributed by atoms with Crippen molar-refractivity contribution >= 4 is 22.7 Å². The first kappa shape index (κ1) is 22.5. The predicted octanol–water partition coefficient (Wildman–Crippen LogP) is 5.15. The number of para-hydroxylation sites is 1. The Balaban J connectivity index is 1.77. The second-order valence-corrected chi connectivity index (χ2v) is 8.13. The number of rotatable bonds is 4. The average Bonchev–Trinajstić information content (AvgIpc) is 3.10. The summed E-state index contributed by atoms with van der Waals surface area (Å²) in [5.41, 5.74) is -0.830. The molecular weight excluding hydrogens is 459 g/mol. The van der Waals surface area contributed by atoms with Gasteiger partial charge in [0.1, 0.15) is 5.82 Å². The Kier molecular flexibility index (Phi) is 5.27. The zero-order valence-corrected chi connectivity index (χ0v) is 18.4. The van der Waals surface area contributed by atoms with Gasteiger partial charge in [0.15, 0.2) is 0 Å². The van der Waals surface area contributed by atoms with Crippen molar-refractivity contribution in [2.45, 2.75) is 25.6 Å². The molecule has 0 saturated carbocycles. The molecule has 3 aromatic carbocycles. The van der Waals surface area contributed by atoms with Crippen molar-refractivity contribution in [3.05, 3.63) is 106 Å². The number of halogens is 3. The minimum Gasteiger partial charge on any atom is -0.269 e. The van der Waals surface area contributed by atoms with Crippen LogP contribution in [-0.4, -0.2) is 26.3 Å². The normalized spacial score (nSPS) is 14.5. The van der Waals surface area contributed by atoms with Gasteiger partial charge in [0.05, 0.1) is 39.3 Å². The summed E-state index contributed by atoms with van der Waals surface area (Å²) in [6.07, 6.45) is -4.44. The van der Waals surface area contributed by atoms with Crippen molar-refractivity contribution in [1.29, 1.82) is 0 Å². The molecule has 6 nitrogen and oxygen atoms in total. The molecule has 1 aromatic heterocycles. The van der Waals surface area contributed by atoms with Gasteiger partial charge in [-0.2, -0.15) is 13.2 Å². The van der Waals surface area contributed by atoms with Gasteiger partial charge < -0.3 is 0 Å². The molecule has 0 fully saturated rings. The second kappa shape index (κ2) is 8.19. The van der Waals surface area contributed by atoms with Gasteiger partial charge in [-0.25, -0.2) is 4.98 Å². The van der Waals surface area contributed by atoms with E-state index in [1.807, 2.05) is 0 Å². The van der Waals surface area contributed by atoms with Crippen molar-refractivity contribution < 1.29 is 22.8 Å². The maximum Gasteiger partial charge on any atom is 0.416 e. The third kappa shape index (κ3) is 3.60. The van der Waals surface area contributed by atoms with Crippen LogP contribution >= 0.6 is 0 Å². The Morgan fingerprint density at radius 1 is 0.857 bits per heavy atom. The molecule has 176 valence electrons. The number of benzene rings is 3. The van der Waals surface area contributed by atoms with Crippen LogP contribution < -0.4 is 5.56 Å². The van der Waals surface area contributed by atoms with Crippen molar-refractivity contribution in [2.75, 3.05) is 0 Å². The number of carbonyl (C=O) groups excluding carboxylic acids is 2. The molecule has 35 heavy (non-hydrogen) atoms. The van der Waals surface area contributed by atoms with E-state index in [-0.39, 0.29) is 34.4 Å². The fourth-order valence-electron chi connectivity index (χ4n) is 4.42. The number of imide groups is 1. The third-order valence-electron chi connectivity index (χ3n) is 6.06. The Bertz CT molecular complexity index is 1520. The molecule has 0 bridgehead atoms. The number of carbonyl (C=O) groups is 2. The van der Waals surface area contributed by atoms with E-state index in [1.54, 1.807) is 37.3 Å². The van der Waals surface area contributed by atoms with Crippen LogP contribution in [0.3, 0.4) is 0 Å². The van der Waals surface area contributed by atoms with E-state index in [0.717, 1.165) is 21.6 Å².